The van der Waals surface area contributed by atoms with Crippen molar-refractivity contribution in [2.75, 3.05) is 34.3 Å². The van der Waals surface area contributed by atoms with Crippen LogP contribution < -0.4 is 10.6 Å². The number of rotatable bonds is 6. The summed E-state index contributed by atoms with van der Waals surface area (Å²) in [6.07, 6.45) is 2.97. The van der Waals surface area contributed by atoms with Crippen LogP contribution in [0.1, 0.15) is 86.1 Å². The summed E-state index contributed by atoms with van der Waals surface area (Å²) in [5, 5.41) is 5.44. The second kappa shape index (κ2) is 21.8. The minimum atomic E-state index is -1.17. The molecular weight excluding hydrogens is 694 g/mol. The summed E-state index contributed by atoms with van der Waals surface area (Å²) < 4.78 is 11.1. The minimum Gasteiger partial charge on any atom is -0.464 e. The summed E-state index contributed by atoms with van der Waals surface area (Å²) in [7, 11) is 4.37. The molecule has 14 nitrogen and oxygen atoms in total. The van der Waals surface area contributed by atoms with Gasteiger partial charge in [0.25, 0.3) is 5.91 Å². The molecule has 1 aliphatic rings. The number of benzene rings is 1. The quantitative estimate of drug-likeness (QED) is 0.415. The molecule has 2 rings (SSSR count). The lowest BCUT2D eigenvalue weighted by Gasteiger charge is -2.33. The van der Waals surface area contributed by atoms with E-state index in [1.807, 2.05) is 45.9 Å². The van der Waals surface area contributed by atoms with E-state index in [-0.39, 0.29) is 31.3 Å². The molecule has 0 saturated carbocycles. The molecule has 5 amide bonds. The Hall–Kier alpha value is -4.75. The molecule has 0 aromatic heterocycles. The summed E-state index contributed by atoms with van der Waals surface area (Å²) >= 11 is 0. The minimum absolute atomic E-state index is 0.0173. The number of allylic oxidation sites excluding steroid dienone is 1. The van der Waals surface area contributed by atoms with Crippen LogP contribution in [0.2, 0.25) is 0 Å². The van der Waals surface area contributed by atoms with Crippen molar-refractivity contribution in [1.82, 2.24) is 25.3 Å². The Kier molecular flexibility index (Phi) is 18.4. The van der Waals surface area contributed by atoms with E-state index in [2.05, 4.69) is 10.6 Å². The lowest BCUT2D eigenvalue weighted by molar-refractivity contribution is -0.155. The molecule has 1 aliphatic heterocycles. The van der Waals surface area contributed by atoms with E-state index in [0.29, 0.717) is 31.3 Å². The highest BCUT2D eigenvalue weighted by molar-refractivity contribution is 5.96. The lowest BCUT2D eigenvalue weighted by Crippen LogP contribution is -2.57. The normalized spacial score (nSPS) is 26.1. The Balaban J connectivity index is 2.50. The van der Waals surface area contributed by atoms with Gasteiger partial charge in [-0.25, -0.2) is 9.59 Å². The third-order valence-corrected chi connectivity index (χ3v) is 9.77. The van der Waals surface area contributed by atoms with Crippen molar-refractivity contribution in [1.29, 1.82) is 0 Å². The third-order valence-electron chi connectivity index (χ3n) is 9.77. The molecule has 6 atom stereocenters. The van der Waals surface area contributed by atoms with E-state index >= 15 is 0 Å². The molecule has 0 aliphatic carbocycles. The highest BCUT2D eigenvalue weighted by Crippen LogP contribution is 2.17. The zero-order valence-electron chi connectivity index (χ0n) is 33.7. The predicted octanol–water partition coefficient (Wildman–Crippen LogP) is 3.03. The molecule has 2 unspecified atom stereocenters. The van der Waals surface area contributed by atoms with Crippen LogP contribution in [0.25, 0.3) is 0 Å². The number of carbonyl (C=O) groups excluding carboxylic acids is 7. The summed E-state index contributed by atoms with van der Waals surface area (Å²) in [6, 6.07) is 4.98. The first-order chi connectivity index (χ1) is 25.4. The van der Waals surface area contributed by atoms with Crippen molar-refractivity contribution in [3.05, 3.63) is 47.5 Å². The van der Waals surface area contributed by atoms with Crippen molar-refractivity contribution in [3.8, 4) is 0 Å². The molecule has 54 heavy (non-hydrogen) atoms. The van der Waals surface area contributed by atoms with Gasteiger partial charge in [0.2, 0.25) is 23.6 Å². The lowest BCUT2D eigenvalue weighted by atomic mass is 9.97. The van der Waals surface area contributed by atoms with Crippen molar-refractivity contribution in [2.45, 2.75) is 117 Å². The Bertz CT molecular complexity index is 1500. The molecule has 2 N–H and O–H groups in total. The van der Waals surface area contributed by atoms with Crippen LogP contribution in [0.15, 0.2) is 42.0 Å². The number of nitrogens with one attached hydrogen (secondary N) is 2. The van der Waals surface area contributed by atoms with Crippen LogP contribution >= 0.6 is 0 Å². The third kappa shape index (κ3) is 13.6. The zero-order chi connectivity index (χ0) is 40.7. The van der Waals surface area contributed by atoms with Gasteiger partial charge < -0.3 is 34.8 Å². The van der Waals surface area contributed by atoms with Gasteiger partial charge in [-0.2, -0.15) is 0 Å². The van der Waals surface area contributed by atoms with E-state index < -0.39 is 78.3 Å². The first-order valence-electron chi connectivity index (χ1n) is 18.9. The number of nitrogens with zero attached hydrogens (tertiary/aromatic N) is 3. The molecule has 14 heteroatoms. The van der Waals surface area contributed by atoms with Crippen molar-refractivity contribution in [3.63, 3.8) is 0 Å². The standard InChI is InChI=1S/C40H61N5O9/c1-11-26(4)34-38(50)44(9)29(7)40(52)53-21-17-13-14-18-27(5)39(51)54-32(22-25(2)3)35(47)41-28(6)36(48)45(10)31(23-30-19-15-12-16-20-30)37(49)43(8)24-33(46)42-34/h12,15-16,18-20,25-26,28-29,31-32,34H,11,13-14,17,21-24H2,1-10H3,(H,41,47)(H,42,46)/b27-18+/t26?,28-,29+,31+,32+,34?/m0/s1. The smallest absolute Gasteiger partial charge is 0.334 e. The first-order valence-corrected chi connectivity index (χ1v) is 18.9. The maximum atomic E-state index is 14.1. The van der Waals surface area contributed by atoms with Crippen molar-refractivity contribution < 1.29 is 43.0 Å². The average Bonchev–Trinajstić information content (AvgIpc) is 3.14. The maximum Gasteiger partial charge on any atom is 0.334 e. The Morgan fingerprint density at radius 2 is 1.50 bits per heavy atom. The van der Waals surface area contributed by atoms with Crippen molar-refractivity contribution >= 4 is 41.5 Å². The predicted molar refractivity (Wildman–Crippen MR) is 203 cm³/mol. The van der Waals surface area contributed by atoms with Crippen molar-refractivity contribution in [2.24, 2.45) is 11.8 Å². The fourth-order valence-corrected chi connectivity index (χ4v) is 5.87. The van der Waals surface area contributed by atoms with Gasteiger partial charge in [0.05, 0.1) is 13.2 Å². The average molecular weight is 756 g/mol. The zero-order valence-corrected chi connectivity index (χ0v) is 33.7. The van der Waals surface area contributed by atoms with Gasteiger partial charge in [0, 0.05) is 33.1 Å². The first kappa shape index (κ1) is 45.4. The van der Waals surface area contributed by atoms with E-state index in [1.54, 1.807) is 32.1 Å². The fraction of sp³-hybridized carbons (Fsp3) is 0.625. The molecule has 1 aromatic carbocycles. The Morgan fingerprint density at radius 3 is 2.11 bits per heavy atom. The summed E-state index contributed by atoms with van der Waals surface area (Å²) in [6.45, 7) is 11.8. The van der Waals surface area contributed by atoms with Crippen LogP contribution in [0.5, 0.6) is 0 Å². The van der Waals surface area contributed by atoms with E-state index in [0.717, 1.165) is 5.56 Å². The summed E-state index contributed by atoms with van der Waals surface area (Å²) in [4.78, 5) is 98.1. The second-order valence-electron chi connectivity index (χ2n) is 14.7. The largest absolute Gasteiger partial charge is 0.464 e. The van der Waals surface area contributed by atoms with Gasteiger partial charge in [-0.3, -0.25) is 24.0 Å². The van der Waals surface area contributed by atoms with Gasteiger partial charge in [0.15, 0.2) is 6.10 Å². The monoisotopic (exact) mass is 755 g/mol. The molecule has 300 valence electrons. The number of carbonyl (C=O) groups is 7. The highest BCUT2D eigenvalue weighted by atomic mass is 16.5. The van der Waals surface area contributed by atoms with Crippen LogP contribution in [0, 0.1) is 11.8 Å². The van der Waals surface area contributed by atoms with Gasteiger partial charge >= 0.3 is 11.9 Å². The topological polar surface area (TPSA) is 172 Å². The number of likely N-dealkylation sites (N-methyl/N-ethyl adjacent to an activating group) is 3. The summed E-state index contributed by atoms with van der Waals surface area (Å²) in [5.41, 5.74) is 1.07. The van der Waals surface area contributed by atoms with Gasteiger partial charge in [-0.1, -0.05) is 70.5 Å². The molecule has 0 radical (unpaired) electrons. The number of hydrogen-bond acceptors (Lipinski definition) is 9. The number of cyclic esters (lactones) is 2. The Morgan fingerprint density at radius 1 is 0.852 bits per heavy atom. The number of esters is 2. The molecule has 0 saturated heterocycles. The molecule has 1 aromatic rings. The van der Waals surface area contributed by atoms with E-state index in [1.165, 1.54) is 42.8 Å². The molecule has 0 bridgehead atoms. The molecular formula is C40H61N5O9. The van der Waals surface area contributed by atoms with Crippen LogP contribution in [-0.2, 0) is 49.5 Å². The molecule has 0 fully saturated rings. The van der Waals surface area contributed by atoms with Gasteiger partial charge in [0.1, 0.15) is 24.2 Å². The highest BCUT2D eigenvalue weighted by Gasteiger charge is 2.36. The number of amides is 5. The SMILES string of the molecule is CCC(C)C1NC(=O)CN(C)C(=O)[C@@H](Cc2ccccc2)N(C)C(=O)[C@H](C)NC(=O)[C@@H](CC(C)C)OC(=O)/C(C)=C/CCCCOC(=O)[C@@H](C)N(C)C1=O. The number of hydrogen-bond donors (Lipinski definition) is 2. The molecule has 0 spiro atoms. The second-order valence-corrected chi connectivity index (χ2v) is 14.7. The number of ether oxygens (including phenoxy) is 2. The van der Waals surface area contributed by atoms with Crippen LogP contribution in [0.3, 0.4) is 0 Å². The van der Waals surface area contributed by atoms with Gasteiger partial charge in [-0.05, 0) is 63.9 Å². The fourth-order valence-electron chi connectivity index (χ4n) is 5.87. The Labute approximate surface area is 320 Å². The van der Waals surface area contributed by atoms with E-state index in [4.69, 9.17) is 9.47 Å². The maximum absolute atomic E-state index is 14.1. The van der Waals surface area contributed by atoms with E-state index in [9.17, 15) is 33.6 Å². The van der Waals surface area contributed by atoms with Crippen LogP contribution in [-0.4, -0.2) is 121 Å². The molecule has 1 heterocycles. The summed E-state index contributed by atoms with van der Waals surface area (Å²) in [5.74, 6) is -4.43. The van der Waals surface area contributed by atoms with Gasteiger partial charge in [-0.15, -0.1) is 0 Å². The van der Waals surface area contributed by atoms with Crippen LogP contribution in [0.4, 0.5) is 0 Å².